The molecule has 8 nitrogen and oxygen atoms in total. The quantitative estimate of drug-likeness (QED) is 0.192. The van der Waals surface area contributed by atoms with Crippen molar-refractivity contribution in [2.24, 2.45) is 23.0 Å². The largest absolute Gasteiger partial charge is 0.458 e. The summed E-state index contributed by atoms with van der Waals surface area (Å²) in [5.74, 6) is -1.59. The highest BCUT2D eigenvalue weighted by Gasteiger charge is 2.66. The Morgan fingerprint density at radius 2 is 1.91 bits per heavy atom. The Balaban J connectivity index is 1.69. The predicted octanol–water partition coefficient (Wildman–Crippen LogP) is 5.92. The SMILES string of the molecule is CC(/C=C\C=C(\Cl)CF)[C@H]1[C@H](C(=O)NC2CCC(C)(OC(=O)[C@H](C)N)CC2)N[C@H](CC(C)(C)C)[C@]12C(=O)Nc1cc(Cl)ccc12. The number of anilines is 1. The average molecular weight is 666 g/mol. The third kappa shape index (κ3) is 7.58. The zero-order valence-electron chi connectivity index (χ0n) is 27.0. The minimum absolute atomic E-state index is 0.0621. The molecule has 6 atom stereocenters. The first kappa shape index (κ1) is 35.4. The normalized spacial score (nSPS) is 31.5. The monoisotopic (exact) mass is 664 g/mol. The Hall–Kier alpha value is -2.46. The van der Waals surface area contributed by atoms with Crippen LogP contribution >= 0.6 is 23.2 Å². The Kier molecular flexibility index (Phi) is 10.8. The van der Waals surface area contributed by atoms with Gasteiger partial charge in [-0.2, -0.15) is 0 Å². The number of fused-ring (bicyclic) bond motifs is 2. The first-order chi connectivity index (χ1) is 21.0. The molecule has 11 heteroatoms. The molecule has 1 aromatic rings. The van der Waals surface area contributed by atoms with E-state index in [1.165, 1.54) is 6.08 Å². The van der Waals surface area contributed by atoms with Gasteiger partial charge in [-0.15, -0.1) is 0 Å². The highest BCUT2D eigenvalue weighted by atomic mass is 35.5. The molecule has 4 rings (SSSR count). The van der Waals surface area contributed by atoms with Crippen LogP contribution in [0.15, 0.2) is 41.5 Å². The predicted molar refractivity (Wildman–Crippen MR) is 177 cm³/mol. The average Bonchev–Trinajstić information content (AvgIpc) is 3.43. The van der Waals surface area contributed by atoms with E-state index in [-0.39, 0.29) is 40.3 Å². The molecule has 2 fully saturated rings. The van der Waals surface area contributed by atoms with Crippen molar-refractivity contribution in [3.63, 3.8) is 0 Å². The fourth-order valence-electron chi connectivity index (χ4n) is 7.34. The van der Waals surface area contributed by atoms with Gasteiger partial charge in [-0.3, -0.25) is 14.4 Å². The van der Waals surface area contributed by atoms with E-state index in [1.54, 1.807) is 25.1 Å². The lowest BCUT2D eigenvalue weighted by Crippen LogP contribution is -2.53. The number of ether oxygens (including phenoxy) is 1. The van der Waals surface area contributed by atoms with Crippen LogP contribution in [-0.4, -0.2) is 54.2 Å². The number of carbonyl (C=O) groups is 3. The summed E-state index contributed by atoms with van der Waals surface area (Å²) in [6.07, 6.45) is 8.13. The lowest BCUT2D eigenvalue weighted by molar-refractivity contribution is -0.163. The first-order valence-electron chi connectivity index (χ1n) is 15.8. The van der Waals surface area contributed by atoms with Crippen LogP contribution in [0.2, 0.25) is 5.02 Å². The molecular weight excluding hydrogens is 618 g/mol. The molecule has 1 aliphatic carbocycles. The van der Waals surface area contributed by atoms with Crippen molar-refractivity contribution in [3.05, 3.63) is 52.0 Å². The summed E-state index contributed by atoms with van der Waals surface area (Å²) in [6.45, 7) is 11.0. The van der Waals surface area contributed by atoms with Crippen LogP contribution < -0.4 is 21.7 Å². The zero-order chi connectivity index (χ0) is 33.3. The van der Waals surface area contributed by atoms with Gasteiger partial charge in [0.15, 0.2) is 0 Å². The van der Waals surface area contributed by atoms with Gasteiger partial charge in [0.2, 0.25) is 11.8 Å². The number of hydrogen-bond acceptors (Lipinski definition) is 6. The van der Waals surface area contributed by atoms with E-state index < -0.39 is 41.7 Å². The van der Waals surface area contributed by atoms with Crippen LogP contribution in [-0.2, 0) is 24.5 Å². The van der Waals surface area contributed by atoms with Crippen molar-refractivity contribution < 1.29 is 23.5 Å². The molecule has 248 valence electrons. The van der Waals surface area contributed by atoms with Crippen LogP contribution in [0.4, 0.5) is 10.1 Å². The molecule has 0 radical (unpaired) electrons. The van der Waals surface area contributed by atoms with Gasteiger partial charge in [0, 0.05) is 33.7 Å². The number of benzene rings is 1. The summed E-state index contributed by atoms with van der Waals surface area (Å²) in [5.41, 5.74) is 5.27. The molecule has 3 aliphatic rings. The maximum atomic E-state index is 14.3. The maximum Gasteiger partial charge on any atom is 0.323 e. The molecule has 2 aliphatic heterocycles. The number of rotatable bonds is 9. The summed E-state index contributed by atoms with van der Waals surface area (Å²) in [7, 11) is 0. The lowest BCUT2D eigenvalue weighted by Gasteiger charge is -2.40. The molecular formula is C34H47Cl2FN4O4. The van der Waals surface area contributed by atoms with Crippen molar-refractivity contribution in [2.45, 2.75) is 109 Å². The zero-order valence-corrected chi connectivity index (χ0v) is 28.5. The topological polar surface area (TPSA) is 123 Å². The second kappa shape index (κ2) is 13.7. The molecule has 0 aromatic heterocycles. The van der Waals surface area contributed by atoms with Gasteiger partial charge in [0.25, 0.3) is 0 Å². The number of amides is 2. The number of nitrogens with two attached hydrogens (primary N) is 1. The van der Waals surface area contributed by atoms with Crippen LogP contribution in [0.3, 0.4) is 0 Å². The highest BCUT2D eigenvalue weighted by Crippen LogP contribution is 2.55. The van der Waals surface area contributed by atoms with Crippen LogP contribution in [0, 0.1) is 17.3 Å². The number of nitrogens with one attached hydrogen (secondary N) is 3. The van der Waals surface area contributed by atoms with Crippen molar-refractivity contribution in [3.8, 4) is 0 Å². The molecule has 2 amide bonds. The molecule has 1 unspecified atom stereocenters. The lowest BCUT2D eigenvalue weighted by atomic mass is 9.61. The molecule has 1 aromatic carbocycles. The van der Waals surface area contributed by atoms with Crippen molar-refractivity contribution in [1.82, 2.24) is 10.6 Å². The molecule has 1 saturated heterocycles. The minimum Gasteiger partial charge on any atom is -0.458 e. The van der Waals surface area contributed by atoms with E-state index in [9.17, 15) is 18.8 Å². The summed E-state index contributed by atoms with van der Waals surface area (Å²) in [4.78, 5) is 40.7. The molecule has 1 saturated carbocycles. The molecule has 0 bridgehead atoms. The second-order valence-corrected chi connectivity index (χ2v) is 15.4. The number of carbonyl (C=O) groups excluding carboxylic acids is 3. The van der Waals surface area contributed by atoms with E-state index >= 15 is 0 Å². The molecule has 2 heterocycles. The summed E-state index contributed by atoms with van der Waals surface area (Å²) in [6, 6.07) is 3.52. The van der Waals surface area contributed by atoms with Crippen LogP contribution in [0.5, 0.6) is 0 Å². The van der Waals surface area contributed by atoms with Gasteiger partial charge in [-0.25, -0.2) is 4.39 Å². The number of esters is 1. The Labute approximate surface area is 276 Å². The first-order valence-corrected chi connectivity index (χ1v) is 16.5. The van der Waals surface area contributed by atoms with Crippen molar-refractivity contribution in [1.29, 1.82) is 0 Å². The van der Waals surface area contributed by atoms with E-state index in [0.717, 1.165) is 5.56 Å². The number of hydrogen-bond donors (Lipinski definition) is 4. The second-order valence-electron chi connectivity index (χ2n) is 14.4. The summed E-state index contributed by atoms with van der Waals surface area (Å²) < 4.78 is 18.7. The highest BCUT2D eigenvalue weighted by molar-refractivity contribution is 6.31. The van der Waals surface area contributed by atoms with Gasteiger partial charge in [-0.05, 0) is 81.1 Å². The van der Waals surface area contributed by atoms with Crippen molar-refractivity contribution in [2.75, 3.05) is 12.0 Å². The summed E-state index contributed by atoms with van der Waals surface area (Å²) in [5, 5.41) is 10.5. The molecule has 45 heavy (non-hydrogen) atoms. The third-order valence-corrected chi connectivity index (χ3v) is 9.92. The Morgan fingerprint density at radius 3 is 2.51 bits per heavy atom. The fourth-order valence-corrected chi connectivity index (χ4v) is 7.59. The van der Waals surface area contributed by atoms with Crippen LogP contribution in [0.1, 0.15) is 79.2 Å². The number of halogens is 3. The van der Waals surface area contributed by atoms with E-state index in [4.69, 9.17) is 33.7 Å². The van der Waals surface area contributed by atoms with E-state index in [1.807, 2.05) is 26.0 Å². The number of allylic oxidation sites excluding steroid dienone is 4. The van der Waals surface area contributed by atoms with Crippen LogP contribution in [0.25, 0.3) is 0 Å². The molecule has 5 N–H and O–H groups in total. The van der Waals surface area contributed by atoms with Gasteiger partial charge in [-0.1, -0.05) is 69.1 Å². The van der Waals surface area contributed by atoms with Gasteiger partial charge in [0.05, 0.1) is 11.5 Å². The smallest absolute Gasteiger partial charge is 0.323 e. The summed E-state index contributed by atoms with van der Waals surface area (Å²) >= 11 is 12.3. The third-order valence-electron chi connectivity index (χ3n) is 9.46. The Morgan fingerprint density at radius 1 is 1.24 bits per heavy atom. The van der Waals surface area contributed by atoms with E-state index in [2.05, 4.69) is 36.7 Å². The molecule has 1 spiro atoms. The van der Waals surface area contributed by atoms with Crippen molar-refractivity contribution >= 4 is 46.7 Å². The fraction of sp³-hybridized carbons (Fsp3) is 0.618. The minimum atomic E-state index is -1.08. The maximum absolute atomic E-state index is 14.3. The number of alkyl halides is 1. The van der Waals surface area contributed by atoms with E-state index in [0.29, 0.717) is 42.8 Å². The van der Waals surface area contributed by atoms with Gasteiger partial charge >= 0.3 is 5.97 Å². The Bertz CT molecular complexity index is 1350. The standard InChI is InChI=1S/C34H47Cl2FN4O4/c1-19(8-7-9-22(36)18-37)27-28(29(42)39-23-12-14-33(6,15-13-23)45-30(43)20(2)38)41-26(17-32(3,4)5)34(27)24-11-10-21(35)16-25(24)40-31(34)44/h7-11,16,19-20,23,26-28,41H,12-15,17-18,38H2,1-6H3,(H,39,42)(H,40,44)/b8-7-,22-9+/t19?,20-,23?,26+,27-,28+,33?,34-/m0/s1. The van der Waals surface area contributed by atoms with Gasteiger partial charge < -0.3 is 26.4 Å². The van der Waals surface area contributed by atoms with Gasteiger partial charge in [0.1, 0.15) is 18.3 Å².